The van der Waals surface area contributed by atoms with Crippen LogP contribution in [0.3, 0.4) is 0 Å². The van der Waals surface area contributed by atoms with Crippen molar-refractivity contribution < 1.29 is 28.8 Å². The zero-order valence-corrected chi connectivity index (χ0v) is 22.7. The number of ether oxygens (including phenoxy) is 4. The fourth-order valence-corrected chi connectivity index (χ4v) is 5.15. The van der Waals surface area contributed by atoms with Crippen molar-refractivity contribution in [3.05, 3.63) is 47.6 Å². The van der Waals surface area contributed by atoms with Gasteiger partial charge in [0.2, 0.25) is 0 Å². The molecule has 1 saturated heterocycles. The third-order valence-electron chi connectivity index (χ3n) is 7.14. The number of hydrogen-bond acceptors (Lipinski definition) is 7. The molecule has 1 saturated carbocycles. The third-order valence-corrected chi connectivity index (χ3v) is 7.14. The first-order valence-electron chi connectivity index (χ1n) is 12.8. The fourth-order valence-electron chi connectivity index (χ4n) is 5.15. The number of esters is 1. The lowest BCUT2D eigenvalue weighted by Gasteiger charge is -2.47. The lowest BCUT2D eigenvalue weighted by Crippen LogP contribution is -2.58. The summed E-state index contributed by atoms with van der Waals surface area (Å²) >= 11 is 0. The summed E-state index contributed by atoms with van der Waals surface area (Å²) in [6.07, 6.45) is 7.13. The van der Waals surface area contributed by atoms with Crippen LogP contribution in [0.15, 0.2) is 42.0 Å². The van der Waals surface area contributed by atoms with E-state index in [2.05, 4.69) is 24.8 Å². The SMILES string of the molecule is CO[C@H]1[C@H](C(C)(O)CCC=C(C)C)C2(CC[C@H]1OC(=O)/C=C/c1ccc(OCCN(C)C)cc1)CO2. The zero-order chi connectivity index (χ0) is 26.3. The molecule has 0 aromatic heterocycles. The van der Waals surface area contributed by atoms with Gasteiger partial charge < -0.3 is 29.0 Å². The average molecular weight is 502 g/mol. The van der Waals surface area contributed by atoms with E-state index in [1.54, 1.807) is 13.2 Å². The molecular formula is C29H43NO6. The molecule has 2 unspecified atom stereocenters. The number of epoxide rings is 1. The van der Waals surface area contributed by atoms with Gasteiger partial charge in [0.1, 0.15) is 24.6 Å². The standard InChI is InChI=1S/C29H43NO6/c1-21(2)8-7-16-28(3,32)27-26(33-6)24(15-17-29(27)20-35-29)36-25(31)14-11-22-9-12-23(13-10-22)34-19-18-30(4)5/h8-14,24,26-27,32H,7,15-20H2,1-6H3/b14-11+/t24-,26-,27-,28?,29?/m1/s1. The van der Waals surface area contributed by atoms with Crippen LogP contribution in [0.4, 0.5) is 0 Å². The van der Waals surface area contributed by atoms with Gasteiger partial charge in [-0.2, -0.15) is 0 Å². The summed E-state index contributed by atoms with van der Waals surface area (Å²) in [4.78, 5) is 14.8. The third kappa shape index (κ3) is 7.65. The van der Waals surface area contributed by atoms with Crippen molar-refractivity contribution in [2.75, 3.05) is 41.0 Å². The number of hydrogen-bond donors (Lipinski definition) is 1. The van der Waals surface area contributed by atoms with Crippen LogP contribution < -0.4 is 4.74 Å². The number of benzene rings is 1. The van der Waals surface area contributed by atoms with Gasteiger partial charge in [-0.3, -0.25) is 0 Å². The largest absolute Gasteiger partial charge is 0.492 e. The highest BCUT2D eigenvalue weighted by molar-refractivity contribution is 5.87. The number of carbonyl (C=O) groups is 1. The van der Waals surface area contributed by atoms with Gasteiger partial charge in [0.25, 0.3) is 0 Å². The van der Waals surface area contributed by atoms with E-state index >= 15 is 0 Å². The van der Waals surface area contributed by atoms with Crippen molar-refractivity contribution >= 4 is 12.0 Å². The second-order valence-electron chi connectivity index (χ2n) is 10.8. The highest BCUT2D eigenvalue weighted by Gasteiger charge is 2.64. The van der Waals surface area contributed by atoms with E-state index in [-0.39, 0.29) is 5.92 Å². The Bertz CT molecular complexity index is 912. The quantitative estimate of drug-likeness (QED) is 0.199. The van der Waals surface area contributed by atoms with Crippen molar-refractivity contribution in [1.29, 1.82) is 0 Å². The van der Waals surface area contributed by atoms with Crippen molar-refractivity contribution in [2.45, 2.75) is 69.9 Å². The minimum absolute atomic E-state index is 0.281. The molecule has 200 valence electrons. The molecule has 2 aliphatic rings. The van der Waals surface area contributed by atoms with Crippen molar-refractivity contribution in [3.63, 3.8) is 0 Å². The van der Waals surface area contributed by atoms with Gasteiger partial charge in [-0.1, -0.05) is 23.8 Å². The van der Waals surface area contributed by atoms with E-state index in [4.69, 9.17) is 18.9 Å². The molecule has 36 heavy (non-hydrogen) atoms. The van der Waals surface area contributed by atoms with E-state index in [0.717, 1.165) is 30.7 Å². The van der Waals surface area contributed by atoms with Crippen LogP contribution in [0.1, 0.15) is 52.0 Å². The Labute approximate surface area is 216 Å². The van der Waals surface area contributed by atoms with Gasteiger partial charge in [0, 0.05) is 25.6 Å². The highest BCUT2D eigenvalue weighted by Crippen LogP contribution is 2.52. The molecule has 7 nitrogen and oxygen atoms in total. The van der Waals surface area contributed by atoms with Crippen LogP contribution in [0.2, 0.25) is 0 Å². The number of aliphatic hydroxyl groups is 1. The topological polar surface area (TPSA) is 80.8 Å². The number of methoxy groups -OCH3 is 1. The molecule has 1 aliphatic heterocycles. The first-order chi connectivity index (χ1) is 17.1. The van der Waals surface area contributed by atoms with Crippen molar-refractivity contribution in [3.8, 4) is 5.75 Å². The predicted octanol–water partition coefficient (Wildman–Crippen LogP) is 4.24. The molecule has 1 heterocycles. The summed E-state index contributed by atoms with van der Waals surface area (Å²) in [7, 11) is 5.62. The predicted molar refractivity (Wildman–Crippen MR) is 141 cm³/mol. The van der Waals surface area contributed by atoms with Gasteiger partial charge in [0.15, 0.2) is 0 Å². The molecule has 1 aliphatic carbocycles. The van der Waals surface area contributed by atoms with Crippen molar-refractivity contribution in [1.82, 2.24) is 4.90 Å². The first kappa shape index (κ1) is 28.4. The summed E-state index contributed by atoms with van der Waals surface area (Å²) in [5.74, 6) is 0.0840. The summed E-state index contributed by atoms with van der Waals surface area (Å²) in [5.41, 5.74) is 0.689. The van der Waals surface area contributed by atoms with E-state index in [9.17, 15) is 9.90 Å². The molecule has 0 radical (unpaired) electrons. The van der Waals surface area contributed by atoms with Gasteiger partial charge in [-0.05, 0) is 84.3 Å². The Kier molecular flexibility index (Phi) is 9.75. The maximum Gasteiger partial charge on any atom is 0.331 e. The van der Waals surface area contributed by atoms with E-state index in [1.807, 2.05) is 45.3 Å². The minimum Gasteiger partial charge on any atom is -0.492 e. The summed E-state index contributed by atoms with van der Waals surface area (Å²) in [6, 6.07) is 7.59. The maximum absolute atomic E-state index is 12.7. The molecule has 0 bridgehead atoms. The van der Waals surface area contributed by atoms with Crippen LogP contribution in [0.5, 0.6) is 5.75 Å². The molecule has 3 rings (SSSR count). The maximum atomic E-state index is 12.7. The minimum atomic E-state index is -1.01. The van der Waals surface area contributed by atoms with E-state index in [1.165, 1.54) is 11.6 Å². The number of carbonyl (C=O) groups excluding carboxylic acids is 1. The molecule has 7 heteroatoms. The first-order valence-corrected chi connectivity index (χ1v) is 12.8. The normalized spacial score (nSPS) is 27.2. The van der Waals surface area contributed by atoms with Crippen LogP contribution >= 0.6 is 0 Å². The Hall–Kier alpha value is -2.19. The molecular weight excluding hydrogens is 458 g/mol. The van der Waals surface area contributed by atoms with Gasteiger partial charge in [-0.25, -0.2) is 4.79 Å². The molecule has 5 atom stereocenters. The highest BCUT2D eigenvalue weighted by atomic mass is 16.6. The Morgan fingerprint density at radius 3 is 2.56 bits per heavy atom. The van der Waals surface area contributed by atoms with E-state index < -0.39 is 29.4 Å². The van der Waals surface area contributed by atoms with Gasteiger partial charge >= 0.3 is 5.97 Å². The van der Waals surface area contributed by atoms with Crippen molar-refractivity contribution in [2.24, 2.45) is 5.92 Å². The lowest BCUT2D eigenvalue weighted by atomic mass is 9.66. The van der Waals surface area contributed by atoms with Gasteiger partial charge in [0.05, 0.1) is 17.8 Å². The van der Waals surface area contributed by atoms with Gasteiger partial charge in [-0.15, -0.1) is 0 Å². The molecule has 1 spiro atoms. The average Bonchev–Trinajstić information content (AvgIpc) is 3.58. The van der Waals surface area contributed by atoms with E-state index in [0.29, 0.717) is 26.1 Å². The smallest absolute Gasteiger partial charge is 0.331 e. The number of likely N-dealkylation sites (N-methyl/N-ethyl adjacent to an activating group) is 1. The number of allylic oxidation sites excluding steroid dienone is 2. The Balaban J connectivity index is 1.61. The Morgan fingerprint density at radius 2 is 1.97 bits per heavy atom. The Morgan fingerprint density at radius 1 is 1.28 bits per heavy atom. The van der Waals surface area contributed by atoms with Crippen LogP contribution in [-0.2, 0) is 19.0 Å². The van der Waals surface area contributed by atoms with Crippen LogP contribution in [0.25, 0.3) is 6.08 Å². The summed E-state index contributed by atoms with van der Waals surface area (Å²) < 4.78 is 23.3. The monoisotopic (exact) mass is 501 g/mol. The van der Waals surface area contributed by atoms with Crippen LogP contribution in [-0.4, -0.2) is 80.3 Å². The molecule has 2 fully saturated rings. The lowest BCUT2D eigenvalue weighted by molar-refractivity contribution is -0.185. The zero-order valence-electron chi connectivity index (χ0n) is 22.7. The molecule has 1 aromatic carbocycles. The second kappa shape index (κ2) is 12.4. The summed E-state index contributed by atoms with van der Waals surface area (Å²) in [6.45, 7) is 8.02. The fraction of sp³-hybridized carbons (Fsp3) is 0.621. The number of nitrogens with zero attached hydrogens (tertiary/aromatic N) is 1. The second-order valence-corrected chi connectivity index (χ2v) is 10.8. The summed E-state index contributed by atoms with van der Waals surface area (Å²) in [5, 5.41) is 11.5. The molecule has 1 aromatic rings. The molecule has 1 N–H and O–H groups in total. The molecule has 0 amide bonds. The number of rotatable bonds is 12. The van der Waals surface area contributed by atoms with Crippen LogP contribution in [0, 0.1) is 5.92 Å².